The first-order valence-electron chi connectivity index (χ1n) is 10.4. The van der Waals surface area contributed by atoms with Gasteiger partial charge in [0.25, 0.3) is 0 Å². The maximum Gasteiger partial charge on any atom is 0.142 e. The Bertz CT molecular complexity index is 235. The standard InChI is InChI=1S/C20H44NO2.H2O/c1-3-5-6-7-8-9-10-11-12-13-14-15-16-17-18-19-20-21(22,23)4-2;/h22-23H,3-20H2,1-2H3;1H2/q+1;. The van der Waals surface area contributed by atoms with Gasteiger partial charge < -0.3 is 5.48 Å². The van der Waals surface area contributed by atoms with Gasteiger partial charge in [0.15, 0.2) is 0 Å². The number of hydroxylamine groups is 4. The summed E-state index contributed by atoms with van der Waals surface area (Å²) >= 11 is 0. The molecular weight excluding hydrogens is 302 g/mol. The van der Waals surface area contributed by atoms with E-state index < -0.39 is 4.81 Å². The van der Waals surface area contributed by atoms with Crippen molar-refractivity contribution in [2.75, 3.05) is 13.1 Å². The highest BCUT2D eigenvalue weighted by Crippen LogP contribution is 2.14. The smallest absolute Gasteiger partial charge is 0.142 e. The van der Waals surface area contributed by atoms with Crippen molar-refractivity contribution in [1.29, 1.82) is 0 Å². The molecule has 0 aliphatic carbocycles. The highest BCUT2D eigenvalue weighted by atomic mass is 16.8. The minimum Gasteiger partial charge on any atom is -0.412 e. The molecule has 148 valence electrons. The second kappa shape index (κ2) is 19.2. The molecule has 24 heavy (non-hydrogen) atoms. The zero-order valence-electron chi connectivity index (χ0n) is 16.6. The number of hydrogen-bond acceptors (Lipinski definition) is 2. The molecule has 0 spiro atoms. The van der Waals surface area contributed by atoms with E-state index >= 15 is 0 Å². The Kier molecular flexibility index (Phi) is 20.8. The molecule has 0 aliphatic heterocycles. The first kappa shape index (κ1) is 26.1. The van der Waals surface area contributed by atoms with E-state index in [-0.39, 0.29) is 5.48 Å². The van der Waals surface area contributed by atoms with Gasteiger partial charge in [-0.2, -0.15) is 10.4 Å². The fraction of sp³-hybridized carbons (Fsp3) is 1.00. The van der Waals surface area contributed by atoms with Gasteiger partial charge in [-0.3, -0.25) is 0 Å². The minimum atomic E-state index is -0.807. The van der Waals surface area contributed by atoms with E-state index in [4.69, 9.17) is 0 Å². The van der Waals surface area contributed by atoms with Gasteiger partial charge in [0.05, 0.1) is 0 Å². The Morgan fingerprint density at radius 3 is 1.08 bits per heavy atom. The van der Waals surface area contributed by atoms with Crippen molar-refractivity contribution < 1.29 is 20.7 Å². The van der Waals surface area contributed by atoms with Crippen LogP contribution in [0.4, 0.5) is 0 Å². The van der Waals surface area contributed by atoms with E-state index in [1.807, 2.05) is 0 Å². The van der Waals surface area contributed by atoms with Crippen LogP contribution >= 0.6 is 0 Å². The maximum atomic E-state index is 9.43. The largest absolute Gasteiger partial charge is 0.412 e. The maximum absolute atomic E-state index is 9.43. The quantitative estimate of drug-likeness (QED) is 0.180. The van der Waals surface area contributed by atoms with Crippen LogP contribution in [-0.2, 0) is 0 Å². The average Bonchev–Trinajstić information content (AvgIpc) is 2.54. The Morgan fingerprint density at radius 1 is 0.500 bits per heavy atom. The molecule has 4 nitrogen and oxygen atoms in total. The third-order valence-electron chi connectivity index (χ3n) is 4.88. The van der Waals surface area contributed by atoms with Crippen LogP contribution in [0.1, 0.15) is 117 Å². The molecule has 0 bridgehead atoms. The van der Waals surface area contributed by atoms with Crippen molar-refractivity contribution in [3.05, 3.63) is 0 Å². The molecule has 0 rings (SSSR count). The van der Waals surface area contributed by atoms with Crippen molar-refractivity contribution in [3.8, 4) is 0 Å². The lowest BCUT2D eigenvalue weighted by Crippen LogP contribution is -2.41. The lowest BCUT2D eigenvalue weighted by atomic mass is 10.0. The zero-order valence-corrected chi connectivity index (χ0v) is 16.6. The topological polar surface area (TPSA) is 72.0 Å². The highest BCUT2D eigenvalue weighted by Gasteiger charge is 2.17. The molecule has 0 aromatic heterocycles. The minimum absolute atomic E-state index is 0. The van der Waals surface area contributed by atoms with Crippen LogP contribution in [-0.4, -0.2) is 33.8 Å². The predicted molar refractivity (Wildman–Crippen MR) is 102 cm³/mol. The summed E-state index contributed by atoms with van der Waals surface area (Å²) in [7, 11) is 0. The molecule has 0 radical (unpaired) electrons. The summed E-state index contributed by atoms with van der Waals surface area (Å²) in [5.74, 6) is 0. The van der Waals surface area contributed by atoms with Crippen LogP contribution in [0.5, 0.6) is 0 Å². The number of rotatable bonds is 18. The first-order chi connectivity index (χ1) is 11.1. The second-order valence-electron chi connectivity index (χ2n) is 7.22. The Hall–Kier alpha value is -0.160. The van der Waals surface area contributed by atoms with Crippen LogP contribution in [0.3, 0.4) is 0 Å². The normalized spacial score (nSPS) is 11.5. The van der Waals surface area contributed by atoms with E-state index in [2.05, 4.69) is 6.92 Å². The summed E-state index contributed by atoms with van der Waals surface area (Å²) in [6, 6.07) is 0. The van der Waals surface area contributed by atoms with E-state index in [0.29, 0.717) is 13.1 Å². The lowest BCUT2D eigenvalue weighted by Gasteiger charge is -2.18. The van der Waals surface area contributed by atoms with Gasteiger partial charge in [0.2, 0.25) is 0 Å². The van der Waals surface area contributed by atoms with E-state index in [9.17, 15) is 10.4 Å². The van der Waals surface area contributed by atoms with Gasteiger partial charge in [-0.1, -0.05) is 96.8 Å². The molecule has 0 aromatic rings. The number of hydrogen-bond donors (Lipinski definition) is 2. The third-order valence-corrected chi connectivity index (χ3v) is 4.88. The molecule has 0 amide bonds. The summed E-state index contributed by atoms with van der Waals surface area (Å²) in [4.78, 5) is -0.807. The monoisotopic (exact) mass is 348 g/mol. The van der Waals surface area contributed by atoms with E-state index in [1.165, 1.54) is 89.9 Å². The summed E-state index contributed by atoms with van der Waals surface area (Å²) in [6.07, 6.45) is 21.5. The molecule has 0 saturated carbocycles. The van der Waals surface area contributed by atoms with Crippen molar-refractivity contribution in [2.45, 2.75) is 117 Å². The van der Waals surface area contributed by atoms with Gasteiger partial charge in [-0.25, -0.2) is 0 Å². The molecule has 0 aromatic carbocycles. The molecule has 0 aliphatic rings. The molecule has 0 saturated heterocycles. The van der Waals surface area contributed by atoms with Gasteiger partial charge in [-0.05, 0) is 18.2 Å². The SMILES string of the molecule is CCCCCCCCCCCCCCCCCC[N+](O)(O)CC.O. The third kappa shape index (κ3) is 19.9. The first-order valence-corrected chi connectivity index (χ1v) is 10.4. The van der Waals surface area contributed by atoms with Crippen molar-refractivity contribution in [2.24, 2.45) is 0 Å². The van der Waals surface area contributed by atoms with Crippen molar-refractivity contribution in [1.82, 2.24) is 0 Å². The molecule has 4 heteroatoms. The molecule has 0 unspecified atom stereocenters. The van der Waals surface area contributed by atoms with Gasteiger partial charge in [-0.15, -0.1) is 0 Å². The van der Waals surface area contributed by atoms with Gasteiger partial charge in [0, 0.05) is 6.42 Å². The summed E-state index contributed by atoms with van der Waals surface area (Å²) in [5.41, 5.74) is 0. The number of unbranched alkanes of at least 4 members (excludes halogenated alkanes) is 15. The summed E-state index contributed by atoms with van der Waals surface area (Å²) < 4.78 is 0. The summed E-state index contributed by atoms with van der Waals surface area (Å²) in [6.45, 7) is 4.92. The van der Waals surface area contributed by atoms with Crippen molar-refractivity contribution in [3.63, 3.8) is 0 Å². The molecule has 4 N–H and O–H groups in total. The van der Waals surface area contributed by atoms with Crippen LogP contribution in [0, 0.1) is 0 Å². The van der Waals surface area contributed by atoms with Crippen LogP contribution in [0.25, 0.3) is 0 Å². The Balaban J connectivity index is 0. The second-order valence-corrected chi connectivity index (χ2v) is 7.22. The van der Waals surface area contributed by atoms with Gasteiger partial charge in [0.1, 0.15) is 13.1 Å². The zero-order chi connectivity index (χ0) is 17.2. The summed E-state index contributed by atoms with van der Waals surface area (Å²) in [5, 5.41) is 18.9. The van der Waals surface area contributed by atoms with Gasteiger partial charge >= 0.3 is 0 Å². The fourth-order valence-electron chi connectivity index (χ4n) is 3.07. The highest BCUT2D eigenvalue weighted by molar-refractivity contribution is 4.49. The fourth-order valence-corrected chi connectivity index (χ4v) is 3.07. The van der Waals surface area contributed by atoms with E-state index in [1.54, 1.807) is 6.92 Å². The van der Waals surface area contributed by atoms with Crippen molar-refractivity contribution >= 4 is 0 Å². The van der Waals surface area contributed by atoms with E-state index in [0.717, 1.165) is 12.8 Å². The molecule has 0 heterocycles. The molecule has 0 fully saturated rings. The van der Waals surface area contributed by atoms with Crippen LogP contribution in [0.2, 0.25) is 0 Å². The Morgan fingerprint density at radius 2 is 0.792 bits per heavy atom. The lowest BCUT2D eigenvalue weighted by molar-refractivity contribution is -1.24. The Labute approximate surface area is 151 Å². The van der Waals surface area contributed by atoms with Crippen LogP contribution < -0.4 is 0 Å². The molecule has 0 atom stereocenters. The molecular formula is C20H46NO3+. The predicted octanol–water partition coefficient (Wildman–Crippen LogP) is 6.04. The van der Waals surface area contributed by atoms with Crippen LogP contribution in [0.15, 0.2) is 0 Å². The number of quaternary nitrogens is 1. The average molecular weight is 349 g/mol. The number of nitrogens with zero attached hydrogens (tertiary/aromatic N) is 1.